The van der Waals surface area contributed by atoms with Gasteiger partial charge in [-0.15, -0.1) is 0 Å². The Labute approximate surface area is 117 Å². The van der Waals surface area contributed by atoms with Crippen LogP contribution in [0.1, 0.15) is 17.5 Å². The van der Waals surface area contributed by atoms with E-state index in [4.69, 9.17) is 0 Å². The van der Waals surface area contributed by atoms with E-state index in [2.05, 4.69) is 54.3 Å². The molecule has 1 unspecified atom stereocenters. The third-order valence-electron chi connectivity index (χ3n) is 4.07. The quantitative estimate of drug-likeness (QED) is 0.876. The van der Waals surface area contributed by atoms with Crippen LogP contribution in [0.3, 0.4) is 0 Å². The minimum atomic E-state index is 0.811. The first kappa shape index (κ1) is 14.4. The van der Waals surface area contributed by atoms with E-state index in [-0.39, 0.29) is 0 Å². The summed E-state index contributed by atoms with van der Waals surface area (Å²) < 4.78 is 0. The molecular weight excluding hydrogens is 234 g/mol. The molecule has 0 spiro atoms. The summed E-state index contributed by atoms with van der Waals surface area (Å²) in [5.74, 6) is 0.811. The number of hydrogen-bond acceptors (Lipinski definition) is 3. The highest BCUT2D eigenvalue weighted by Crippen LogP contribution is 2.23. The molecule has 1 saturated heterocycles. The molecule has 1 atom stereocenters. The third-order valence-corrected chi connectivity index (χ3v) is 4.07. The average molecular weight is 261 g/mol. The Morgan fingerprint density at radius 3 is 2.79 bits per heavy atom. The van der Waals surface area contributed by atoms with Crippen molar-refractivity contribution in [2.24, 2.45) is 5.92 Å². The topological polar surface area (TPSA) is 18.5 Å². The summed E-state index contributed by atoms with van der Waals surface area (Å²) in [4.78, 5) is 4.85. The summed E-state index contributed by atoms with van der Waals surface area (Å²) in [7, 11) is 6.43. The van der Waals surface area contributed by atoms with Crippen molar-refractivity contribution in [1.82, 2.24) is 10.2 Å². The fourth-order valence-corrected chi connectivity index (χ4v) is 3.12. The summed E-state index contributed by atoms with van der Waals surface area (Å²) in [5, 5.41) is 3.20. The normalized spacial score (nSPS) is 19.9. The molecule has 1 fully saturated rings. The fourth-order valence-electron chi connectivity index (χ4n) is 3.12. The zero-order chi connectivity index (χ0) is 13.8. The van der Waals surface area contributed by atoms with Crippen LogP contribution in [0.5, 0.6) is 0 Å². The van der Waals surface area contributed by atoms with Gasteiger partial charge < -0.3 is 15.1 Å². The maximum absolute atomic E-state index is 3.20. The molecule has 2 rings (SSSR count). The van der Waals surface area contributed by atoms with Crippen molar-refractivity contribution in [2.75, 3.05) is 45.7 Å². The number of hydrogen-bond donors (Lipinski definition) is 1. The summed E-state index contributed by atoms with van der Waals surface area (Å²) in [6.45, 7) is 6.81. The zero-order valence-corrected chi connectivity index (χ0v) is 12.7. The van der Waals surface area contributed by atoms with Crippen LogP contribution >= 0.6 is 0 Å². The van der Waals surface area contributed by atoms with Crippen molar-refractivity contribution >= 4 is 5.69 Å². The van der Waals surface area contributed by atoms with E-state index in [9.17, 15) is 0 Å². The smallest absolute Gasteiger partial charge is 0.0393 e. The average Bonchev–Trinajstić information content (AvgIpc) is 2.75. The zero-order valence-electron chi connectivity index (χ0n) is 12.7. The first-order chi connectivity index (χ1) is 9.10. The third kappa shape index (κ3) is 3.71. The Morgan fingerprint density at radius 1 is 1.42 bits per heavy atom. The second kappa shape index (κ2) is 6.40. The molecule has 1 heterocycles. The van der Waals surface area contributed by atoms with Gasteiger partial charge in [-0.3, -0.25) is 0 Å². The Kier molecular flexibility index (Phi) is 4.83. The molecule has 0 radical (unpaired) electrons. The lowest BCUT2D eigenvalue weighted by Gasteiger charge is -2.25. The minimum absolute atomic E-state index is 0.811. The van der Waals surface area contributed by atoms with Crippen LogP contribution in [0.15, 0.2) is 18.2 Å². The van der Waals surface area contributed by atoms with Crippen LogP contribution in [0, 0.1) is 12.8 Å². The van der Waals surface area contributed by atoms with E-state index < -0.39 is 0 Å². The lowest BCUT2D eigenvalue weighted by atomic mass is 10.1. The van der Waals surface area contributed by atoms with E-state index in [0.717, 1.165) is 19.0 Å². The van der Waals surface area contributed by atoms with Crippen LogP contribution in [-0.4, -0.2) is 45.7 Å². The lowest BCUT2D eigenvalue weighted by Crippen LogP contribution is -2.27. The molecular formula is C16H27N3. The second-order valence-corrected chi connectivity index (χ2v) is 5.95. The van der Waals surface area contributed by atoms with Gasteiger partial charge in [0.15, 0.2) is 0 Å². The van der Waals surface area contributed by atoms with Gasteiger partial charge in [0.2, 0.25) is 0 Å². The van der Waals surface area contributed by atoms with E-state index >= 15 is 0 Å². The lowest BCUT2D eigenvalue weighted by molar-refractivity contribution is 0.396. The molecule has 1 N–H and O–H groups in total. The Morgan fingerprint density at radius 2 is 2.21 bits per heavy atom. The summed E-state index contributed by atoms with van der Waals surface area (Å²) in [5.41, 5.74) is 4.11. The highest BCUT2D eigenvalue weighted by atomic mass is 15.2. The Hall–Kier alpha value is -1.06. The first-order valence-corrected chi connectivity index (χ1v) is 7.24. The summed E-state index contributed by atoms with van der Waals surface area (Å²) in [6, 6.07) is 6.79. The molecule has 0 saturated carbocycles. The van der Waals surface area contributed by atoms with E-state index in [0.29, 0.717) is 0 Å². The largest absolute Gasteiger partial charge is 0.374 e. The SMILES string of the molecule is CNCc1ccc(N(C)CC2CCN(C)C2)c(C)c1. The van der Waals surface area contributed by atoms with Gasteiger partial charge in [-0.25, -0.2) is 0 Å². The molecule has 1 aromatic carbocycles. The van der Waals surface area contributed by atoms with Crippen molar-refractivity contribution in [3.8, 4) is 0 Å². The van der Waals surface area contributed by atoms with Gasteiger partial charge in [0.05, 0.1) is 0 Å². The molecule has 3 heteroatoms. The predicted molar refractivity (Wildman–Crippen MR) is 82.8 cm³/mol. The van der Waals surface area contributed by atoms with Gasteiger partial charge in [-0.05, 0) is 57.1 Å². The van der Waals surface area contributed by atoms with Crippen LogP contribution in [0.2, 0.25) is 0 Å². The molecule has 0 aliphatic carbocycles. The second-order valence-electron chi connectivity index (χ2n) is 5.95. The van der Waals surface area contributed by atoms with Crippen LogP contribution in [0.25, 0.3) is 0 Å². The minimum Gasteiger partial charge on any atom is -0.374 e. The van der Waals surface area contributed by atoms with E-state index in [1.165, 1.54) is 36.3 Å². The van der Waals surface area contributed by atoms with Gasteiger partial charge in [0.1, 0.15) is 0 Å². The van der Waals surface area contributed by atoms with Crippen molar-refractivity contribution in [3.05, 3.63) is 29.3 Å². The highest BCUT2D eigenvalue weighted by molar-refractivity contribution is 5.54. The van der Waals surface area contributed by atoms with Crippen LogP contribution in [0.4, 0.5) is 5.69 Å². The standard InChI is InChI=1S/C16H27N3/c1-13-9-14(10-17-2)5-6-16(13)19(4)12-15-7-8-18(3)11-15/h5-6,9,15,17H,7-8,10-12H2,1-4H3. The van der Waals surface area contributed by atoms with Crippen LogP contribution < -0.4 is 10.2 Å². The van der Waals surface area contributed by atoms with Gasteiger partial charge in [0.25, 0.3) is 0 Å². The maximum atomic E-state index is 3.20. The van der Waals surface area contributed by atoms with E-state index in [1.54, 1.807) is 0 Å². The predicted octanol–water partition coefficient (Wildman–Crippen LogP) is 2.10. The number of aryl methyl sites for hydroxylation is 1. The van der Waals surface area contributed by atoms with Gasteiger partial charge in [-0.1, -0.05) is 12.1 Å². The van der Waals surface area contributed by atoms with Crippen LogP contribution in [-0.2, 0) is 6.54 Å². The molecule has 19 heavy (non-hydrogen) atoms. The van der Waals surface area contributed by atoms with Crippen molar-refractivity contribution < 1.29 is 0 Å². The number of rotatable bonds is 5. The monoisotopic (exact) mass is 261 g/mol. The Bertz CT molecular complexity index is 416. The number of likely N-dealkylation sites (tertiary alicyclic amines) is 1. The number of benzene rings is 1. The van der Waals surface area contributed by atoms with Gasteiger partial charge >= 0.3 is 0 Å². The molecule has 106 valence electrons. The van der Waals surface area contributed by atoms with Crippen molar-refractivity contribution in [2.45, 2.75) is 19.9 Å². The van der Waals surface area contributed by atoms with Crippen molar-refractivity contribution in [3.63, 3.8) is 0 Å². The molecule has 0 bridgehead atoms. The van der Waals surface area contributed by atoms with Gasteiger partial charge in [-0.2, -0.15) is 0 Å². The number of nitrogens with one attached hydrogen (secondary N) is 1. The number of nitrogens with zero attached hydrogens (tertiary/aromatic N) is 2. The fraction of sp³-hybridized carbons (Fsp3) is 0.625. The molecule has 0 amide bonds. The first-order valence-electron chi connectivity index (χ1n) is 7.24. The maximum Gasteiger partial charge on any atom is 0.0393 e. The molecule has 0 aromatic heterocycles. The Balaban J connectivity index is 2.00. The molecule has 1 aromatic rings. The summed E-state index contributed by atoms with van der Waals surface area (Å²) >= 11 is 0. The number of anilines is 1. The van der Waals surface area contributed by atoms with Gasteiger partial charge in [0, 0.05) is 32.4 Å². The highest BCUT2D eigenvalue weighted by Gasteiger charge is 2.21. The molecule has 1 aliphatic heterocycles. The molecule has 3 nitrogen and oxygen atoms in total. The molecule has 1 aliphatic rings. The van der Waals surface area contributed by atoms with Crippen molar-refractivity contribution in [1.29, 1.82) is 0 Å². The van der Waals surface area contributed by atoms with E-state index in [1.807, 2.05) is 7.05 Å². The summed E-state index contributed by atoms with van der Waals surface area (Å²) in [6.07, 6.45) is 1.33.